The van der Waals surface area contributed by atoms with E-state index in [0.717, 1.165) is 44.3 Å². The fraction of sp³-hybridized carbons (Fsp3) is 0.556. The van der Waals surface area contributed by atoms with Gasteiger partial charge in [0.15, 0.2) is 0 Å². The zero-order chi connectivity index (χ0) is 16.2. The molecule has 2 N–H and O–H groups in total. The quantitative estimate of drug-likeness (QED) is 0.861. The molecule has 1 heterocycles. The van der Waals surface area contributed by atoms with E-state index < -0.39 is 5.97 Å². The minimum atomic E-state index is -0.648. The van der Waals surface area contributed by atoms with Gasteiger partial charge in [0.25, 0.3) is 5.91 Å². The number of carboxylic acid groups (broad SMARTS) is 1. The van der Waals surface area contributed by atoms with Crippen molar-refractivity contribution in [2.45, 2.75) is 31.7 Å². The number of hydrogen-bond donors (Lipinski definition) is 2. The Labute approximate surface area is 136 Å². The number of nitrogens with zero attached hydrogens (tertiary/aromatic N) is 1. The van der Waals surface area contributed by atoms with E-state index in [1.54, 1.807) is 0 Å². The lowest BCUT2D eigenvalue weighted by Crippen LogP contribution is -3.19. The number of quaternary nitrogens is 1. The molecule has 1 saturated heterocycles. The van der Waals surface area contributed by atoms with Gasteiger partial charge in [-0.1, -0.05) is 24.6 Å². The highest BCUT2D eigenvalue weighted by molar-refractivity contribution is 5.94. The van der Waals surface area contributed by atoms with Crippen molar-refractivity contribution in [3.05, 3.63) is 35.9 Å². The monoisotopic (exact) mass is 317 g/mol. The number of carbonyl (C=O) groups excluding carboxylic acids is 1. The molecule has 3 rings (SSSR count). The summed E-state index contributed by atoms with van der Waals surface area (Å²) >= 11 is 0. The lowest BCUT2D eigenvalue weighted by molar-refractivity contribution is -0.933. The zero-order valence-corrected chi connectivity index (χ0v) is 13.4. The van der Waals surface area contributed by atoms with Crippen LogP contribution in [0.2, 0.25) is 0 Å². The van der Waals surface area contributed by atoms with Crippen LogP contribution in [-0.4, -0.2) is 54.1 Å². The Morgan fingerprint density at radius 3 is 2.35 bits per heavy atom. The zero-order valence-electron chi connectivity index (χ0n) is 13.4. The van der Waals surface area contributed by atoms with E-state index in [1.807, 2.05) is 35.2 Å². The van der Waals surface area contributed by atoms with E-state index in [9.17, 15) is 14.7 Å². The van der Waals surface area contributed by atoms with Gasteiger partial charge in [-0.05, 0) is 25.0 Å². The summed E-state index contributed by atoms with van der Waals surface area (Å²) in [5, 5.41) is 9.45. The first kappa shape index (κ1) is 16.0. The number of benzene rings is 1. The molecule has 2 atom stereocenters. The van der Waals surface area contributed by atoms with Crippen LogP contribution >= 0.6 is 0 Å². The summed E-state index contributed by atoms with van der Waals surface area (Å²) in [6.45, 7) is 3.14. The van der Waals surface area contributed by atoms with Crippen molar-refractivity contribution < 1.29 is 19.6 Å². The summed E-state index contributed by atoms with van der Waals surface area (Å²) in [5.41, 5.74) is 0.733. The second kappa shape index (κ2) is 7.13. The molecule has 1 aromatic carbocycles. The first-order chi connectivity index (χ1) is 11.2. The number of hydrogen-bond acceptors (Lipinski definition) is 2. The molecule has 0 spiro atoms. The lowest BCUT2D eigenvalue weighted by atomic mass is 9.83. The van der Waals surface area contributed by atoms with E-state index in [2.05, 4.69) is 0 Å². The number of piperazine rings is 1. The first-order valence-corrected chi connectivity index (χ1v) is 8.58. The van der Waals surface area contributed by atoms with Gasteiger partial charge in [-0.2, -0.15) is 0 Å². The van der Waals surface area contributed by atoms with Gasteiger partial charge in [0.05, 0.1) is 26.2 Å². The predicted molar refractivity (Wildman–Crippen MR) is 86.4 cm³/mol. The van der Waals surface area contributed by atoms with Crippen LogP contribution in [0.5, 0.6) is 0 Å². The number of carbonyl (C=O) groups is 2. The van der Waals surface area contributed by atoms with Crippen molar-refractivity contribution in [3.63, 3.8) is 0 Å². The second-order valence-electron chi connectivity index (χ2n) is 6.65. The topological polar surface area (TPSA) is 62.0 Å². The van der Waals surface area contributed by atoms with Crippen LogP contribution in [-0.2, 0) is 4.79 Å². The molecule has 2 aliphatic rings. The fourth-order valence-corrected chi connectivity index (χ4v) is 4.05. The minimum absolute atomic E-state index is 0.0862. The molecule has 1 aliphatic heterocycles. The number of rotatable bonds is 3. The van der Waals surface area contributed by atoms with Gasteiger partial charge in [-0.3, -0.25) is 9.59 Å². The van der Waals surface area contributed by atoms with Crippen LogP contribution in [0, 0.1) is 5.92 Å². The van der Waals surface area contributed by atoms with Crippen molar-refractivity contribution in [2.24, 2.45) is 5.92 Å². The summed E-state index contributed by atoms with van der Waals surface area (Å²) in [6.07, 6.45) is 3.96. The standard InChI is InChI=1S/C18H24N2O3/c21-17(14-6-2-1-3-7-14)20-12-10-19(11-13-20)16-9-5-4-8-15(16)18(22)23/h1-3,6-7,15-16H,4-5,8-13H2,(H,22,23)/p+1/t15-,16-/m1/s1. The van der Waals surface area contributed by atoms with Crippen LogP contribution in [0.4, 0.5) is 0 Å². The molecule has 1 saturated carbocycles. The van der Waals surface area contributed by atoms with Crippen molar-refractivity contribution in [2.75, 3.05) is 26.2 Å². The molecule has 1 amide bonds. The van der Waals surface area contributed by atoms with Crippen LogP contribution in [0.25, 0.3) is 0 Å². The van der Waals surface area contributed by atoms with Crippen molar-refractivity contribution in [1.29, 1.82) is 0 Å². The summed E-state index contributed by atoms with van der Waals surface area (Å²) in [4.78, 5) is 27.2. The van der Waals surface area contributed by atoms with Crippen molar-refractivity contribution in [1.82, 2.24) is 4.90 Å². The lowest BCUT2D eigenvalue weighted by Gasteiger charge is -2.40. The number of amides is 1. The number of aliphatic carboxylic acids is 1. The second-order valence-corrected chi connectivity index (χ2v) is 6.65. The maximum absolute atomic E-state index is 12.5. The van der Waals surface area contributed by atoms with Crippen molar-refractivity contribution >= 4 is 11.9 Å². The molecule has 5 heteroatoms. The Kier molecular flexibility index (Phi) is 4.96. The van der Waals surface area contributed by atoms with Crippen LogP contribution in [0.1, 0.15) is 36.0 Å². The Hall–Kier alpha value is -1.88. The largest absolute Gasteiger partial charge is 0.481 e. The third-order valence-electron chi connectivity index (χ3n) is 5.32. The van der Waals surface area contributed by atoms with Gasteiger partial charge in [0.2, 0.25) is 0 Å². The number of carboxylic acids is 1. The van der Waals surface area contributed by atoms with E-state index in [0.29, 0.717) is 13.1 Å². The Bertz CT molecular complexity index is 553. The molecule has 124 valence electrons. The van der Waals surface area contributed by atoms with Gasteiger partial charge in [-0.15, -0.1) is 0 Å². The summed E-state index contributed by atoms with van der Waals surface area (Å²) in [6, 6.07) is 9.60. The van der Waals surface area contributed by atoms with Gasteiger partial charge in [0.1, 0.15) is 12.0 Å². The van der Waals surface area contributed by atoms with Gasteiger partial charge in [-0.25, -0.2) is 0 Å². The van der Waals surface area contributed by atoms with E-state index >= 15 is 0 Å². The molecule has 5 nitrogen and oxygen atoms in total. The molecule has 0 unspecified atom stereocenters. The SMILES string of the molecule is O=C(O)[C@@H]1CCCC[C@H]1[NH+]1CCN(C(=O)c2ccccc2)CC1. The maximum atomic E-state index is 12.5. The molecular weight excluding hydrogens is 292 g/mol. The van der Waals surface area contributed by atoms with Gasteiger partial charge >= 0.3 is 5.97 Å². The van der Waals surface area contributed by atoms with Crippen LogP contribution in [0.15, 0.2) is 30.3 Å². The third kappa shape index (κ3) is 3.55. The average molecular weight is 317 g/mol. The highest BCUT2D eigenvalue weighted by Gasteiger charge is 2.39. The third-order valence-corrected chi connectivity index (χ3v) is 5.32. The van der Waals surface area contributed by atoms with E-state index in [4.69, 9.17) is 0 Å². The average Bonchev–Trinajstić information content (AvgIpc) is 2.62. The molecule has 0 radical (unpaired) electrons. The normalized spacial score (nSPS) is 26.0. The summed E-state index contributed by atoms with van der Waals surface area (Å²) < 4.78 is 0. The van der Waals surface area contributed by atoms with Crippen LogP contribution in [0.3, 0.4) is 0 Å². The molecule has 0 aromatic heterocycles. The minimum Gasteiger partial charge on any atom is -0.481 e. The fourth-order valence-electron chi connectivity index (χ4n) is 4.05. The van der Waals surface area contributed by atoms with E-state index in [1.165, 1.54) is 4.90 Å². The summed E-state index contributed by atoms with van der Waals surface area (Å²) in [5.74, 6) is -0.775. The molecular formula is C18H25N2O3+. The van der Waals surface area contributed by atoms with Gasteiger partial charge < -0.3 is 14.9 Å². The Morgan fingerprint density at radius 1 is 1.04 bits per heavy atom. The molecule has 1 aliphatic carbocycles. The predicted octanol–water partition coefficient (Wildman–Crippen LogP) is 0.671. The Morgan fingerprint density at radius 2 is 1.70 bits per heavy atom. The van der Waals surface area contributed by atoms with Gasteiger partial charge in [0, 0.05) is 12.0 Å². The first-order valence-electron chi connectivity index (χ1n) is 8.58. The maximum Gasteiger partial charge on any atom is 0.312 e. The molecule has 2 fully saturated rings. The van der Waals surface area contributed by atoms with Crippen LogP contribution < -0.4 is 4.90 Å². The highest BCUT2D eigenvalue weighted by Crippen LogP contribution is 2.23. The molecule has 1 aromatic rings. The van der Waals surface area contributed by atoms with Crippen molar-refractivity contribution in [3.8, 4) is 0 Å². The number of nitrogens with one attached hydrogen (secondary N) is 1. The Balaban J connectivity index is 1.59. The highest BCUT2D eigenvalue weighted by atomic mass is 16.4. The summed E-state index contributed by atoms with van der Waals surface area (Å²) in [7, 11) is 0. The molecule has 0 bridgehead atoms. The smallest absolute Gasteiger partial charge is 0.312 e. The van der Waals surface area contributed by atoms with E-state index in [-0.39, 0.29) is 17.9 Å². The molecule has 23 heavy (non-hydrogen) atoms.